The third-order valence-electron chi connectivity index (χ3n) is 8.22. The minimum atomic E-state index is -0.699. The van der Waals surface area contributed by atoms with Crippen molar-refractivity contribution >= 4 is 29.5 Å². The Kier molecular flexibility index (Phi) is 8.11. The molecule has 0 aromatic rings. The van der Waals surface area contributed by atoms with Crippen molar-refractivity contribution in [3.05, 3.63) is 0 Å². The van der Waals surface area contributed by atoms with Crippen molar-refractivity contribution in [1.29, 1.82) is 0 Å². The van der Waals surface area contributed by atoms with Gasteiger partial charge in [-0.05, 0) is 25.7 Å². The van der Waals surface area contributed by atoms with Crippen molar-refractivity contribution in [3.63, 3.8) is 0 Å². The van der Waals surface area contributed by atoms with Crippen molar-refractivity contribution < 1.29 is 29.0 Å². The van der Waals surface area contributed by atoms with Crippen LogP contribution < -0.4 is 5.32 Å². The summed E-state index contributed by atoms with van der Waals surface area (Å²) < 4.78 is 10.1. The number of likely N-dealkylation sites (tertiary alicyclic amines) is 1. The van der Waals surface area contributed by atoms with Crippen molar-refractivity contribution in [1.82, 2.24) is 15.1 Å². The van der Waals surface area contributed by atoms with Gasteiger partial charge in [-0.1, -0.05) is 20.3 Å². The number of hydrogen-bond acceptors (Lipinski definition) is 8. The fourth-order valence-electron chi connectivity index (χ4n) is 6.33. The minimum absolute atomic E-state index is 0.00465. The lowest BCUT2D eigenvalue weighted by molar-refractivity contribution is -0.154. The van der Waals surface area contributed by atoms with Crippen LogP contribution in [0, 0.1) is 17.8 Å². The number of rotatable bonds is 10. The van der Waals surface area contributed by atoms with E-state index in [4.69, 9.17) is 9.47 Å². The maximum absolute atomic E-state index is 13.9. The largest absolute Gasteiger partial charge is 0.466 e. The molecule has 0 aliphatic carbocycles. The predicted molar refractivity (Wildman–Crippen MR) is 128 cm³/mol. The molecular weight excluding hydrogens is 458 g/mol. The molecule has 1 spiro atoms. The van der Waals surface area contributed by atoms with E-state index < -0.39 is 28.7 Å². The number of hydrogen-bond donors (Lipinski definition) is 2. The highest BCUT2D eigenvalue weighted by Gasteiger charge is 2.74. The highest BCUT2D eigenvalue weighted by molar-refractivity contribution is 8.02. The van der Waals surface area contributed by atoms with Crippen LogP contribution >= 0.6 is 11.8 Å². The maximum Gasteiger partial charge on any atom is 0.310 e. The van der Waals surface area contributed by atoms with Crippen molar-refractivity contribution in [3.8, 4) is 0 Å². The van der Waals surface area contributed by atoms with Gasteiger partial charge in [0.25, 0.3) is 0 Å². The lowest BCUT2D eigenvalue weighted by Crippen LogP contribution is -2.58. The molecule has 2 unspecified atom stereocenters. The lowest BCUT2D eigenvalue weighted by atomic mass is 9.71. The average molecular weight is 498 g/mol. The Morgan fingerprint density at radius 3 is 2.71 bits per heavy atom. The van der Waals surface area contributed by atoms with Crippen LogP contribution in [0.25, 0.3) is 0 Å². The molecule has 34 heavy (non-hydrogen) atoms. The molecule has 4 aliphatic heterocycles. The number of aliphatic hydroxyl groups excluding tert-OH is 1. The summed E-state index contributed by atoms with van der Waals surface area (Å²) in [6.45, 7) is 10.1. The van der Waals surface area contributed by atoms with Gasteiger partial charge in [-0.3, -0.25) is 19.3 Å². The van der Waals surface area contributed by atoms with Crippen LogP contribution in [-0.4, -0.2) is 107 Å². The Hall–Kier alpha value is -1.36. The van der Waals surface area contributed by atoms with E-state index in [0.717, 1.165) is 32.5 Å². The van der Waals surface area contributed by atoms with Gasteiger partial charge in [0, 0.05) is 31.4 Å². The molecule has 4 saturated heterocycles. The number of esters is 1. The van der Waals surface area contributed by atoms with E-state index in [1.54, 1.807) is 23.6 Å². The summed E-state index contributed by atoms with van der Waals surface area (Å²) in [5.74, 6) is -1.78. The Morgan fingerprint density at radius 2 is 2.06 bits per heavy atom. The summed E-state index contributed by atoms with van der Waals surface area (Å²) in [4.78, 5) is 44.5. The molecule has 9 nitrogen and oxygen atoms in total. The second kappa shape index (κ2) is 10.7. The number of amides is 2. The predicted octanol–water partition coefficient (Wildman–Crippen LogP) is 0.496. The number of aliphatic hydroxyl groups is 1. The summed E-state index contributed by atoms with van der Waals surface area (Å²) in [5.41, 5.74) is 0. The number of ether oxygens (including phenoxy) is 2. The van der Waals surface area contributed by atoms with E-state index in [2.05, 4.69) is 10.2 Å². The lowest BCUT2D eigenvalue weighted by Gasteiger charge is -2.39. The third-order valence-corrected chi connectivity index (χ3v) is 10.2. The van der Waals surface area contributed by atoms with Gasteiger partial charge in [-0.25, -0.2) is 0 Å². The van der Waals surface area contributed by atoms with Gasteiger partial charge < -0.3 is 24.8 Å². The average Bonchev–Trinajstić information content (AvgIpc) is 3.48. The summed E-state index contributed by atoms with van der Waals surface area (Å²) in [6.07, 6.45) is 2.27. The van der Waals surface area contributed by atoms with Crippen LogP contribution in [0.1, 0.15) is 40.0 Å². The van der Waals surface area contributed by atoms with Crippen LogP contribution in [0.2, 0.25) is 0 Å². The first-order chi connectivity index (χ1) is 16.4. The van der Waals surface area contributed by atoms with Crippen molar-refractivity contribution in [2.45, 2.75) is 62.1 Å². The summed E-state index contributed by atoms with van der Waals surface area (Å²) >= 11 is 1.63. The van der Waals surface area contributed by atoms with E-state index >= 15 is 0 Å². The molecule has 4 fully saturated rings. The number of carbonyl (C=O) groups excluding carboxylic acids is 3. The molecule has 192 valence electrons. The van der Waals surface area contributed by atoms with Gasteiger partial charge in [-0.2, -0.15) is 0 Å². The fourth-order valence-corrected chi connectivity index (χ4v) is 8.52. The fraction of sp³-hybridized carbons (Fsp3) is 0.875. The molecule has 0 aromatic carbocycles. The van der Waals surface area contributed by atoms with Gasteiger partial charge >= 0.3 is 5.97 Å². The first-order valence-corrected chi connectivity index (χ1v) is 13.6. The van der Waals surface area contributed by atoms with Crippen molar-refractivity contribution in [2.24, 2.45) is 17.8 Å². The number of fused-ring (bicyclic) bond motifs is 1. The molecule has 0 aromatic heterocycles. The Morgan fingerprint density at radius 1 is 1.32 bits per heavy atom. The maximum atomic E-state index is 13.9. The van der Waals surface area contributed by atoms with Gasteiger partial charge in [0.2, 0.25) is 11.8 Å². The zero-order valence-electron chi connectivity index (χ0n) is 20.5. The standard InChI is InChI=1S/C24H39N3O6S/c1-4-15(3)16(14-28)27-20(21(29)25-8-9-26-10-12-32-13-11-26)24-7-6-17(34-24)18(19(24)22(27)30)23(31)33-5-2/h15-20,28H,4-14H2,1-3H3,(H,25,29)/t15-,16-,17+,18-,19-,20?,24?/m0/s1. The van der Waals surface area contributed by atoms with Crippen LogP contribution in [0.3, 0.4) is 0 Å². The molecule has 0 saturated carbocycles. The summed E-state index contributed by atoms with van der Waals surface area (Å²) in [6, 6.07) is -1.16. The van der Waals surface area contributed by atoms with Gasteiger partial charge in [0.05, 0.1) is 49.1 Å². The quantitative estimate of drug-likeness (QED) is 0.420. The summed E-state index contributed by atoms with van der Waals surface area (Å²) in [5, 5.41) is 13.4. The zero-order chi connectivity index (χ0) is 24.5. The van der Waals surface area contributed by atoms with E-state index in [1.165, 1.54) is 0 Å². The molecule has 0 radical (unpaired) electrons. The number of nitrogens with one attached hydrogen (secondary N) is 1. The molecule has 4 heterocycles. The van der Waals surface area contributed by atoms with Crippen LogP contribution in [0.15, 0.2) is 0 Å². The van der Waals surface area contributed by atoms with Crippen molar-refractivity contribution in [2.75, 3.05) is 52.6 Å². The normalized spacial score (nSPS) is 34.7. The summed E-state index contributed by atoms with van der Waals surface area (Å²) in [7, 11) is 0. The highest BCUT2D eigenvalue weighted by atomic mass is 32.2. The molecular formula is C24H39N3O6S. The van der Waals surface area contributed by atoms with E-state index in [1.807, 2.05) is 13.8 Å². The molecule has 10 heteroatoms. The molecule has 7 atom stereocenters. The van der Waals surface area contributed by atoms with Crippen LogP contribution in [-0.2, 0) is 23.9 Å². The molecule has 4 rings (SSSR count). The Labute approximate surface area is 206 Å². The number of nitrogens with zero attached hydrogens (tertiary/aromatic N) is 2. The van der Waals surface area contributed by atoms with Crippen LogP contribution in [0.5, 0.6) is 0 Å². The number of morpholine rings is 1. The van der Waals surface area contributed by atoms with E-state index in [-0.39, 0.29) is 42.2 Å². The second-order valence-electron chi connectivity index (χ2n) is 9.93. The first kappa shape index (κ1) is 25.7. The molecule has 2 N–H and O–H groups in total. The van der Waals surface area contributed by atoms with Gasteiger partial charge in [-0.15, -0.1) is 11.8 Å². The molecule has 2 amide bonds. The minimum Gasteiger partial charge on any atom is -0.466 e. The van der Waals surface area contributed by atoms with E-state index in [9.17, 15) is 19.5 Å². The topological polar surface area (TPSA) is 108 Å². The Balaban J connectivity index is 1.60. The van der Waals surface area contributed by atoms with Crippen LogP contribution in [0.4, 0.5) is 0 Å². The SMILES string of the molecule is CCOC(=O)[C@@H]1[C@H]2C(=O)N([C@@H](CO)[C@@H](C)CC)C(C(=O)NCCN3CCOCC3)C23CC[C@H]1S3. The second-order valence-corrected chi connectivity index (χ2v) is 11.5. The Bertz CT molecular complexity index is 778. The third kappa shape index (κ3) is 4.35. The zero-order valence-corrected chi connectivity index (χ0v) is 21.3. The first-order valence-electron chi connectivity index (χ1n) is 12.7. The number of carbonyl (C=O) groups is 3. The van der Waals surface area contributed by atoms with Gasteiger partial charge in [0.1, 0.15) is 6.04 Å². The molecule has 2 bridgehead atoms. The van der Waals surface area contributed by atoms with E-state index in [0.29, 0.717) is 26.2 Å². The monoisotopic (exact) mass is 497 g/mol. The smallest absolute Gasteiger partial charge is 0.310 e. The molecule has 4 aliphatic rings. The van der Waals surface area contributed by atoms with Gasteiger partial charge in [0.15, 0.2) is 0 Å². The highest BCUT2D eigenvalue weighted by Crippen LogP contribution is 2.66. The number of thioether (sulfide) groups is 1.